The molecule has 12 rings (SSSR count). The van der Waals surface area contributed by atoms with E-state index in [4.69, 9.17) is 0 Å². The number of hydrogen-bond acceptors (Lipinski definition) is 2. The molecule has 0 aliphatic rings. The minimum atomic E-state index is 1.14. The van der Waals surface area contributed by atoms with Gasteiger partial charge in [-0.25, -0.2) is 0 Å². The standard InChI is InChI=1S/C68H52N2/c1-45-31-35-53(49-19-9-5-10-20-49)39-61(45)69(62-40-54(36-32-46(62)2)50-21-11-6-12-22-50)65-43-57-27-17-28-58-44-66(60-30-18-29-59(65)68(60)67(57)58)70(63-41-55(37-33-47(63)3)51-23-13-7-14-24-51)64-42-56(38-34-48(64)4)52-25-15-8-16-26-52/h5-44H,1-4H3. The van der Waals surface area contributed by atoms with E-state index in [9.17, 15) is 0 Å². The smallest absolute Gasteiger partial charge is 0.0546 e. The fraction of sp³-hybridized carbons (Fsp3) is 0.0588. The van der Waals surface area contributed by atoms with Crippen LogP contribution < -0.4 is 9.80 Å². The van der Waals surface area contributed by atoms with Crippen molar-refractivity contribution in [3.05, 3.63) is 265 Å². The third kappa shape index (κ3) is 7.55. The molecule has 70 heavy (non-hydrogen) atoms. The number of nitrogens with zero attached hydrogens (tertiary/aromatic N) is 2. The Bertz CT molecular complexity index is 3430. The van der Waals surface area contributed by atoms with Crippen molar-refractivity contribution in [2.45, 2.75) is 27.7 Å². The van der Waals surface area contributed by atoms with E-state index in [1.165, 1.54) is 99.1 Å². The molecule has 0 radical (unpaired) electrons. The molecule has 0 heterocycles. The molecule has 0 N–H and O–H groups in total. The largest absolute Gasteiger partial charge is 0.309 e. The van der Waals surface area contributed by atoms with Crippen molar-refractivity contribution in [3.8, 4) is 44.5 Å². The molecule has 334 valence electrons. The van der Waals surface area contributed by atoms with Crippen molar-refractivity contribution < 1.29 is 0 Å². The second-order valence-corrected chi connectivity index (χ2v) is 18.7. The molecule has 0 atom stereocenters. The van der Waals surface area contributed by atoms with Gasteiger partial charge in [0.05, 0.1) is 11.4 Å². The zero-order valence-electron chi connectivity index (χ0n) is 40.0. The van der Waals surface area contributed by atoms with E-state index in [2.05, 4.69) is 280 Å². The van der Waals surface area contributed by atoms with Gasteiger partial charge in [0.25, 0.3) is 0 Å². The summed E-state index contributed by atoms with van der Waals surface area (Å²) in [6.07, 6.45) is 0. The Labute approximate surface area is 411 Å². The minimum Gasteiger partial charge on any atom is -0.309 e. The summed E-state index contributed by atoms with van der Waals surface area (Å²) in [5.74, 6) is 0. The minimum absolute atomic E-state index is 1.14. The summed E-state index contributed by atoms with van der Waals surface area (Å²) in [4.78, 5) is 5.09. The van der Waals surface area contributed by atoms with Gasteiger partial charge in [0.1, 0.15) is 0 Å². The fourth-order valence-electron chi connectivity index (χ4n) is 10.6. The number of hydrogen-bond donors (Lipinski definition) is 0. The number of benzene rings is 12. The van der Waals surface area contributed by atoms with Crippen LogP contribution in [0.15, 0.2) is 243 Å². The van der Waals surface area contributed by atoms with Crippen molar-refractivity contribution in [3.63, 3.8) is 0 Å². The average molecular weight is 897 g/mol. The van der Waals surface area contributed by atoms with Gasteiger partial charge in [0, 0.05) is 38.9 Å². The number of aryl methyl sites for hydroxylation is 4. The third-order valence-corrected chi connectivity index (χ3v) is 14.3. The van der Waals surface area contributed by atoms with Gasteiger partial charge in [-0.3, -0.25) is 0 Å². The molecule has 12 aromatic carbocycles. The highest BCUT2D eigenvalue weighted by molar-refractivity contribution is 6.30. The van der Waals surface area contributed by atoms with Gasteiger partial charge in [-0.1, -0.05) is 206 Å². The van der Waals surface area contributed by atoms with E-state index in [-0.39, 0.29) is 0 Å². The van der Waals surface area contributed by atoms with Crippen molar-refractivity contribution in [1.82, 2.24) is 0 Å². The highest BCUT2D eigenvalue weighted by atomic mass is 15.2. The van der Waals surface area contributed by atoms with Gasteiger partial charge in [-0.15, -0.1) is 0 Å². The second kappa shape index (κ2) is 17.7. The number of anilines is 6. The van der Waals surface area contributed by atoms with Gasteiger partial charge in [0.15, 0.2) is 0 Å². The lowest BCUT2D eigenvalue weighted by atomic mass is 9.90. The van der Waals surface area contributed by atoms with Gasteiger partial charge >= 0.3 is 0 Å². The zero-order valence-corrected chi connectivity index (χ0v) is 40.0. The van der Waals surface area contributed by atoms with Crippen LogP contribution in [-0.2, 0) is 0 Å². The van der Waals surface area contributed by atoms with Gasteiger partial charge in [0.2, 0.25) is 0 Å². The highest BCUT2D eigenvalue weighted by Gasteiger charge is 2.27. The van der Waals surface area contributed by atoms with Crippen LogP contribution in [-0.4, -0.2) is 0 Å². The first-order valence-electron chi connectivity index (χ1n) is 24.3. The lowest BCUT2D eigenvalue weighted by Crippen LogP contribution is -2.15. The Morgan fingerprint density at radius 1 is 0.214 bits per heavy atom. The molecule has 2 heteroatoms. The quantitative estimate of drug-likeness (QED) is 0.126. The first kappa shape index (κ1) is 42.6. The Morgan fingerprint density at radius 2 is 0.500 bits per heavy atom. The van der Waals surface area contributed by atoms with Gasteiger partial charge in [-0.05, 0) is 147 Å². The van der Waals surface area contributed by atoms with Crippen LogP contribution in [0.3, 0.4) is 0 Å². The van der Waals surface area contributed by atoms with Gasteiger partial charge in [-0.2, -0.15) is 0 Å². The average Bonchev–Trinajstić information content (AvgIpc) is 3.41. The summed E-state index contributed by atoms with van der Waals surface area (Å²) < 4.78 is 0. The topological polar surface area (TPSA) is 6.48 Å². The maximum atomic E-state index is 2.55. The van der Waals surface area contributed by atoms with E-state index < -0.39 is 0 Å². The SMILES string of the molecule is Cc1ccc(-c2ccccc2)cc1N(c1cc(-c2ccccc2)ccc1C)c1cc2cccc3cc(N(c4cc(-c5ccccc5)ccc4C)c4cc(-c5ccccc5)ccc4C)c4cccc1c4c23. The molecule has 0 unspecified atom stereocenters. The Kier molecular flexibility index (Phi) is 10.8. The van der Waals surface area contributed by atoms with Crippen molar-refractivity contribution >= 4 is 66.4 Å². The molecule has 0 bridgehead atoms. The highest BCUT2D eigenvalue weighted by Crippen LogP contribution is 2.52. The number of rotatable bonds is 10. The van der Waals surface area contributed by atoms with Crippen LogP contribution in [0.5, 0.6) is 0 Å². The predicted octanol–water partition coefficient (Wildman–Crippen LogP) is 19.4. The van der Waals surface area contributed by atoms with Crippen LogP contribution in [0.25, 0.3) is 76.8 Å². The van der Waals surface area contributed by atoms with E-state index in [1.54, 1.807) is 0 Å². The first-order chi connectivity index (χ1) is 34.4. The van der Waals surface area contributed by atoms with E-state index in [0.29, 0.717) is 0 Å². The molecular weight excluding hydrogens is 845 g/mol. The lowest BCUT2D eigenvalue weighted by Gasteiger charge is -2.33. The van der Waals surface area contributed by atoms with Crippen LogP contribution >= 0.6 is 0 Å². The molecule has 0 fully saturated rings. The Balaban J connectivity index is 1.17. The molecule has 0 aromatic heterocycles. The summed E-state index contributed by atoms with van der Waals surface area (Å²) >= 11 is 0. The third-order valence-electron chi connectivity index (χ3n) is 14.3. The molecule has 0 spiro atoms. The summed E-state index contributed by atoms with van der Waals surface area (Å²) in [7, 11) is 0. The fourth-order valence-corrected chi connectivity index (χ4v) is 10.6. The maximum absolute atomic E-state index is 2.55. The van der Waals surface area contributed by atoms with E-state index in [0.717, 1.165) is 34.1 Å². The van der Waals surface area contributed by atoms with Crippen LogP contribution in [0.1, 0.15) is 22.3 Å². The van der Waals surface area contributed by atoms with Crippen LogP contribution in [0, 0.1) is 27.7 Å². The summed E-state index contributed by atoms with van der Waals surface area (Å²) in [5.41, 5.74) is 21.1. The van der Waals surface area contributed by atoms with Gasteiger partial charge < -0.3 is 9.80 Å². The summed E-state index contributed by atoms with van der Waals surface area (Å²) in [6.45, 7) is 9.00. The maximum Gasteiger partial charge on any atom is 0.0546 e. The first-order valence-corrected chi connectivity index (χ1v) is 24.3. The van der Waals surface area contributed by atoms with Crippen molar-refractivity contribution in [2.75, 3.05) is 9.80 Å². The van der Waals surface area contributed by atoms with Crippen molar-refractivity contribution in [2.24, 2.45) is 0 Å². The molecule has 0 saturated heterocycles. The van der Waals surface area contributed by atoms with Crippen LogP contribution in [0.2, 0.25) is 0 Å². The second-order valence-electron chi connectivity index (χ2n) is 18.7. The monoisotopic (exact) mass is 896 g/mol. The normalized spacial score (nSPS) is 11.4. The molecule has 0 aliphatic heterocycles. The molecule has 0 saturated carbocycles. The molecule has 12 aromatic rings. The molecule has 0 aliphatic carbocycles. The Morgan fingerprint density at radius 3 is 0.800 bits per heavy atom. The van der Waals surface area contributed by atoms with Crippen molar-refractivity contribution in [1.29, 1.82) is 0 Å². The predicted molar refractivity (Wildman–Crippen MR) is 300 cm³/mol. The summed E-state index contributed by atoms with van der Waals surface area (Å²) in [5, 5.41) is 7.33. The van der Waals surface area contributed by atoms with Crippen LogP contribution in [0.4, 0.5) is 34.1 Å². The lowest BCUT2D eigenvalue weighted by molar-refractivity contribution is 1.23. The molecular formula is C68H52N2. The van der Waals surface area contributed by atoms with E-state index >= 15 is 0 Å². The van der Waals surface area contributed by atoms with E-state index in [1.807, 2.05) is 0 Å². The Hall–Kier alpha value is -8.72. The molecule has 0 amide bonds. The summed E-state index contributed by atoms with van der Waals surface area (Å²) in [6, 6.07) is 89.4. The molecule has 2 nitrogen and oxygen atoms in total. The zero-order chi connectivity index (χ0) is 47.3.